The number of hydrogen-bond acceptors (Lipinski definition) is 7. The van der Waals surface area contributed by atoms with E-state index in [-0.39, 0.29) is 6.61 Å². The molecule has 0 aromatic heterocycles. The molecule has 1 saturated heterocycles. The second kappa shape index (κ2) is 12.8. The SMILES string of the molecule is CCOC(=O)Nc1cccc(OC(=O)Nc2ccccc2)c1.CN1CSC(=S)N(C)C1. The van der Waals surface area contributed by atoms with Gasteiger partial charge in [-0.2, -0.15) is 0 Å². The van der Waals surface area contributed by atoms with Gasteiger partial charge in [-0.25, -0.2) is 9.59 Å². The summed E-state index contributed by atoms with van der Waals surface area (Å²) in [5.74, 6) is 1.34. The summed E-state index contributed by atoms with van der Waals surface area (Å²) in [6.45, 7) is 2.96. The van der Waals surface area contributed by atoms with Crippen molar-refractivity contribution in [3.63, 3.8) is 0 Å². The largest absolute Gasteiger partial charge is 0.450 e. The Labute approximate surface area is 191 Å². The van der Waals surface area contributed by atoms with Gasteiger partial charge in [-0.15, -0.1) is 0 Å². The van der Waals surface area contributed by atoms with Crippen LogP contribution in [0.5, 0.6) is 5.75 Å². The predicted octanol–water partition coefficient (Wildman–Crippen LogP) is 4.66. The molecule has 3 rings (SSSR count). The molecule has 0 atom stereocenters. The second-order valence-electron chi connectivity index (χ2n) is 6.49. The molecule has 31 heavy (non-hydrogen) atoms. The molecule has 1 aliphatic rings. The maximum atomic E-state index is 11.8. The molecule has 2 aromatic rings. The van der Waals surface area contributed by atoms with Gasteiger partial charge in [0.25, 0.3) is 0 Å². The average molecular weight is 463 g/mol. The van der Waals surface area contributed by atoms with Gasteiger partial charge in [0.1, 0.15) is 10.1 Å². The Morgan fingerprint density at radius 1 is 1.03 bits per heavy atom. The fraction of sp³-hybridized carbons (Fsp3) is 0.286. The molecule has 166 valence electrons. The standard InChI is InChI=1S/C16H16N2O4.C5H10N2S2/c1-2-21-15(19)18-13-9-6-10-14(11-13)22-16(20)17-12-7-4-3-5-8-12;1-6-3-7(2)5(8)9-4-6/h3-11H,2H2,1H3,(H,17,20)(H,18,19);3-4H2,1-2H3. The summed E-state index contributed by atoms with van der Waals surface area (Å²) in [4.78, 5) is 27.4. The Bertz CT molecular complexity index is 883. The van der Waals surface area contributed by atoms with Crippen LogP contribution < -0.4 is 15.4 Å². The molecular weight excluding hydrogens is 436 g/mol. The molecule has 0 saturated carbocycles. The van der Waals surface area contributed by atoms with Crippen LogP contribution in [0, 0.1) is 0 Å². The number of thioether (sulfide) groups is 1. The first-order valence-corrected chi connectivity index (χ1v) is 10.9. The van der Waals surface area contributed by atoms with E-state index in [4.69, 9.17) is 21.7 Å². The Morgan fingerprint density at radius 3 is 2.35 bits per heavy atom. The van der Waals surface area contributed by atoms with E-state index in [2.05, 4.69) is 27.5 Å². The number of amides is 2. The summed E-state index contributed by atoms with van der Waals surface area (Å²) >= 11 is 6.76. The summed E-state index contributed by atoms with van der Waals surface area (Å²) in [7, 11) is 4.11. The van der Waals surface area contributed by atoms with Crippen molar-refractivity contribution < 1.29 is 19.1 Å². The highest BCUT2D eigenvalue weighted by atomic mass is 32.2. The zero-order valence-corrected chi connectivity index (χ0v) is 19.3. The number of nitrogens with one attached hydrogen (secondary N) is 2. The van der Waals surface area contributed by atoms with Crippen molar-refractivity contribution in [1.29, 1.82) is 0 Å². The summed E-state index contributed by atoms with van der Waals surface area (Å²) in [5.41, 5.74) is 1.11. The van der Waals surface area contributed by atoms with Crippen molar-refractivity contribution in [3.05, 3.63) is 54.6 Å². The number of rotatable bonds is 4. The van der Waals surface area contributed by atoms with Gasteiger partial charge in [0.05, 0.1) is 19.2 Å². The number of carbonyl (C=O) groups excluding carboxylic acids is 2. The van der Waals surface area contributed by atoms with Crippen LogP contribution >= 0.6 is 24.0 Å². The molecule has 0 bridgehead atoms. The number of anilines is 2. The highest BCUT2D eigenvalue weighted by molar-refractivity contribution is 8.22. The number of nitrogens with zero attached hydrogens (tertiary/aromatic N) is 2. The quantitative estimate of drug-likeness (QED) is 0.635. The molecule has 8 nitrogen and oxygen atoms in total. The van der Waals surface area contributed by atoms with E-state index in [1.165, 1.54) is 6.07 Å². The number of carbonyl (C=O) groups is 2. The van der Waals surface area contributed by atoms with Crippen molar-refractivity contribution in [2.75, 3.05) is 43.9 Å². The zero-order valence-electron chi connectivity index (χ0n) is 17.7. The van der Waals surface area contributed by atoms with Crippen LogP contribution in [0.25, 0.3) is 0 Å². The number of thiocarbonyl (C=S) groups is 1. The van der Waals surface area contributed by atoms with E-state index < -0.39 is 12.2 Å². The van der Waals surface area contributed by atoms with Crippen molar-refractivity contribution in [1.82, 2.24) is 9.80 Å². The maximum absolute atomic E-state index is 11.8. The molecule has 0 radical (unpaired) electrons. The van der Waals surface area contributed by atoms with Crippen molar-refractivity contribution >= 4 is 51.9 Å². The van der Waals surface area contributed by atoms with Gasteiger partial charge in [-0.1, -0.05) is 48.2 Å². The van der Waals surface area contributed by atoms with Crippen LogP contribution in [0.3, 0.4) is 0 Å². The lowest BCUT2D eigenvalue weighted by molar-refractivity contribution is 0.168. The Balaban J connectivity index is 0.000000316. The predicted molar refractivity (Wildman–Crippen MR) is 129 cm³/mol. The van der Waals surface area contributed by atoms with E-state index in [1.54, 1.807) is 61.2 Å². The molecule has 2 aromatic carbocycles. The van der Waals surface area contributed by atoms with Crippen LogP contribution in [0.1, 0.15) is 6.92 Å². The summed E-state index contributed by atoms with van der Waals surface area (Å²) in [6.07, 6.45) is -1.17. The monoisotopic (exact) mass is 462 g/mol. The van der Waals surface area contributed by atoms with E-state index in [0.29, 0.717) is 17.1 Å². The van der Waals surface area contributed by atoms with Gasteiger partial charge < -0.3 is 14.4 Å². The lowest BCUT2D eigenvalue weighted by atomic mass is 10.3. The highest BCUT2D eigenvalue weighted by Gasteiger charge is 2.14. The minimum Gasteiger partial charge on any atom is -0.450 e. The third kappa shape index (κ3) is 9.24. The Hall–Kier alpha value is -2.82. The molecule has 1 aliphatic heterocycles. The lowest BCUT2D eigenvalue weighted by Crippen LogP contribution is -2.40. The van der Waals surface area contributed by atoms with E-state index in [0.717, 1.165) is 16.9 Å². The van der Waals surface area contributed by atoms with E-state index in [1.807, 2.05) is 13.1 Å². The highest BCUT2D eigenvalue weighted by Crippen LogP contribution is 2.18. The number of ether oxygens (including phenoxy) is 2. The molecule has 2 N–H and O–H groups in total. The van der Waals surface area contributed by atoms with Crippen LogP contribution in [-0.2, 0) is 4.74 Å². The molecule has 0 aliphatic carbocycles. The second-order valence-corrected chi connectivity index (χ2v) is 8.07. The third-order valence-electron chi connectivity index (χ3n) is 3.76. The Kier molecular flexibility index (Phi) is 10.1. The van der Waals surface area contributed by atoms with Crippen LogP contribution in [-0.4, -0.2) is 59.6 Å². The fourth-order valence-electron chi connectivity index (χ4n) is 2.43. The normalized spacial score (nSPS) is 13.5. The molecule has 0 unspecified atom stereocenters. The van der Waals surface area contributed by atoms with Crippen LogP contribution in [0.2, 0.25) is 0 Å². The maximum Gasteiger partial charge on any atom is 0.417 e. The smallest absolute Gasteiger partial charge is 0.417 e. The first kappa shape index (κ1) is 24.4. The first-order chi connectivity index (χ1) is 14.9. The van der Waals surface area contributed by atoms with E-state index >= 15 is 0 Å². The molecule has 2 amide bonds. The molecule has 1 fully saturated rings. The van der Waals surface area contributed by atoms with Gasteiger partial charge in [-0.05, 0) is 38.2 Å². The molecule has 10 heteroatoms. The Morgan fingerprint density at radius 2 is 1.71 bits per heavy atom. The number of benzene rings is 2. The topological polar surface area (TPSA) is 83.1 Å². The fourth-order valence-corrected chi connectivity index (χ4v) is 3.34. The average Bonchev–Trinajstić information content (AvgIpc) is 2.72. The minimum atomic E-state index is -0.612. The molecular formula is C21H26N4O4S2. The third-order valence-corrected chi connectivity index (χ3v) is 5.55. The van der Waals surface area contributed by atoms with Gasteiger partial charge in [-0.3, -0.25) is 15.5 Å². The number of hydrogen-bond donors (Lipinski definition) is 2. The van der Waals surface area contributed by atoms with Crippen LogP contribution in [0.15, 0.2) is 54.6 Å². The number of para-hydroxylation sites is 1. The van der Waals surface area contributed by atoms with Gasteiger partial charge in [0.2, 0.25) is 0 Å². The van der Waals surface area contributed by atoms with Gasteiger partial charge >= 0.3 is 12.2 Å². The minimum absolute atomic E-state index is 0.279. The zero-order chi connectivity index (χ0) is 22.6. The molecule has 1 heterocycles. The van der Waals surface area contributed by atoms with Crippen LogP contribution in [0.4, 0.5) is 21.0 Å². The summed E-state index contributed by atoms with van der Waals surface area (Å²) in [6, 6.07) is 15.4. The summed E-state index contributed by atoms with van der Waals surface area (Å²) < 4.78 is 10.9. The van der Waals surface area contributed by atoms with Crippen molar-refractivity contribution in [2.45, 2.75) is 6.92 Å². The van der Waals surface area contributed by atoms with Crippen molar-refractivity contribution in [2.24, 2.45) is 0 Å². The first-order valence-electron chi connectivity index (χ1n) is 9.51. The van der Waals surface area contributed by atoms with E-state index in [9.17, 15) is 9.59 Å². The lowest BCUT2D eigenvalue weighted by Gasteiger charge is -2.31. The molecule has 0 spiro atoms. The van der Waals surface area contributed by atoms with Crippen molar-refractivity contribution in [3.8, 4) is 5.75 Å². The van der Waals surface area contributed by atoms with Gasteiger partial charge in [0, 0.05) is 24.5 Å². The van der Waals surface area contributed by atoms with Gasteiger partial charge in [0.15, 0.2) is 0 Å². The summed E-state index contributed by atoms with van der Waals surface area (Å²) in [5, 5.41) is 5.13.